The minimum Gasteiger partial charge on any atom is -0.463 e. The highest BCUT2D eigenvalue weighted by Crippen LogP contribution is 2.34. The number of halogens is 1. The number of aliphatic hydroxyl groups excluding tert-OH is 2. The smallest absolute Gasteiger partial charge is 0.353 e. The standard InChI is InChI=1S/C20H24BrN5O7/c21-9-6-24-17-12(11(9)16(23)29)15(22)25-20(31)26(17)18-14(28)13(27)10(33-18)7-32-19(30)8-4-2-1-3-5-8/h6,8,10,13-14,18,27-28H,1-5,7H2,(H2,23,29)(H2,22,25,31)/t10-,13-,14+,18-/m0/s1. The average Bonchev–Trinajstić information content (AvgIpc) is 3.06. The van der Waals surface area contributed by atoms with Gasteiger partial charge in [-0.05, 0) is 28.8 Å². The highest BCUT2D eigenvalue weighted by Gasteiger charge is 2.46. The van der Waals surface area contributed by atoms with Crippen molar-refractivity contribution >= 4 is 44.7 Å². The Morgan fingerprint density at radius 2 is 1.94 bits per heavy atom. The van der Waals surface area contributed by atoms with E-state index in [1.807, 2.05) is 0 Å². The molecule has 1 saturated carbocycles. The van der Waals surface area contributed by atoms with Crippen LogP contribution in [-0.4, -0.2) is 61.5 Å². The third-order valence-corrected chi connectivity index (χ3v) is 6.69. The van der Waals surface area contributed by atoms with Gasteiger partial charge in [0.05, 0.1) is 16.9 Å². The summed E-state index contributed by atoms with van der Waals surface area (Å²) in [5.74, 6) is -1.69. The number of carbonyl (C=O) groups excluding carboxylic acids is 2. The average molecular weight is 526 g/mol. The molecule has 1 aliphatic carbocycles. The van der Waals surface area contributed by atoms with Gasteiger partial charge in [0.2, 0.25) is 0 Å². The number of carbonyl (C=O) groups is 2. The largest absolute Gasteiger partial charge is 0.463 e. The van der Waals surface area contributed by atoms with Crippen LogP contribution in [0.2, 0.25) is 0 Å². The predicted molar refractivity (Wildman–Crippen MR) is 118 cm³/mol. The Morgan fingerprint density at radius 3 is 2.61 bits per heavy atom. The Labute approximate surface area is 196 Å². The Bertz CT molecular complexity index is 1150. The number of aromatic nitrogens is 3. The van der Waals surface area contributed by atoms with Crippen molar-refractivity contribution in [3.05, 3.63) is 26.7 Å². The number of amides is 1. The lowest BCUT2D eigenvalue weighted by Gasteiger charge is -2.22. The number of hydrogen-bond donors (Lipinski definition) is 4. The number of anilines is 1. The predicted octanol–water partition coefficient (Wildman–Crippen LogP) is -0.0222. The molecule has 3 heterocycles. The van der Waals surface area contributed by atoms with Crippen LogP contribution in [0.3, 0.4) is 0 Å². The molecule has 12 nitrogen and oxygen atoms in total. The van der Waals surface area contributed by atoms with Gasteiger partial charge in [-0.25, -0.2) is 14.3 Å². The molecule has 6 N–H and O–H groups in total. The quantitative estimate of drug-likeness (QED) is 0.385. The zero-order valence-electron chi connectivity index (χ0n) is 17.5. The molecular formula is C20H24BrN5O7. The monoisotopic (exact) mass is 525 g/mol. The van der Waals surface area contributed by atoms with Crippen molar-refractivity contribution in [2.45, 2.75) is 56.6 Å². The zero-order valence-corrected chi connectivity index (χ0v) is 19.1. The number of ether oxygens (including phenoxy) is 2. The first-order chi connectivity index (χ1) is 15.7. The van der Waals surface area contributed by atoms with Gasteiger partial charge >= 0.3 is 11.7 Å². The second kappa shape index (κ2) is 9.33. The van der Waals surface area contributed by atoms with Gasteiger partial charge in [-0.3, -0.25) is 9.59 Å². The van der Waals surface area contributed by atoms with Crippen LogP contribution >= 0.6 is 15.9 Å². The summed E-state index contributed by atoms with van der Waals surface area (Å²) in [6.07, 6.45) is 0.205. The second-order valence-electron chi connectivity index (χ2n) is 8.20. The number of rotatable bonds is 5. The van der Waals surface area contributed by atoms with Crippen molar-refractivity contribution in [1.82, 2.24) is 14.5 Å². The number of fused-ring (bicyclic) bond motifs is 1. The Balaban J connectivity index is 1.63. The maximum Gasteiger partial charge on any atom is 0.353 e. The van der Waals surface area contributed by atoms with Gasteiger partial charge in [0.15, 0.2) is 11.9 Å². The molecule has 0 unspecified atom stereocenters. The van der Waals surface area contributed by atoms with Crippen molar-refractivity contribution in [2.75, 3.05) is 12.3 Å². The number of aliphatic hydroxyl groups is 2. The van der Waals surface area contributed by atoms with E-state index in [1.54, 1.807) is 0 Å². The zero-order chi connectivity index (χ0) is 23.9. The fourth-order valence-electron chi connectivity index (χ4n) is 4.38. The molecule has 4 atom stereocenters. The topological polar surface area (TPSA) is 193 Å². The number of nitrogen functional groups attached to an aromatic ring is 1. The first-order valence-electron chi connectivity index (χ1n) is 10.5. The molecule has 2 aromatic rings. The van der Waals surface area contributed by atoms with E-state index in [1.165, 1.54) is 6.20 Å². The van der Waals surface area contributed by atoms with Gasteiger partial charge < -0.3 is 31.2 Å². The lowest BCUT2D eigenvalue weighted by atomic mass is 9.89. The number of nitrogens with two attached hydrogens (primary N) is 2. The molecule has 33 heavy (non-hydrogen) atoms. The summed E-state index contributed by atoms with van der Waals surface area (Å²) < 4.78 is 12.2. The number of esters is 1. The summed E-state index contributed by atoms with van der Waals surface area (Å²) in [6, 6.07) is 0. The second-order valence-corrected chi connectivity index (χ2v) is 9.06. The molecule has 0 bridgehead atoms. The van der Waals surface area contributed by atoms with Crippen LogP contribution in [0.15, 0.2) is 15.5 Å². The summed E-state index contributed by atoms with van der Waals surface area (Å²) in [6.45, 7) is -0.301. The van der Waals surface area contributed by atoms with Crippen LogP contribution in [0.25, 0.3) is 11.0 Å². The lowest BCUT2D eigenvalue weighted by molar-refractivity contribution is -0.156. The first-order valence-corrected chi connectivity index (χ1v) is 11.3. The van der Waals surface area contributed by atoms with Gasteiger partial charge in [0.1, 0.15) is 30.7 Å². The fraction of sp³-hybridized carbons (Fsp3) is 0.550. The lowest BCUT2D eigenvalue weighted by Crippen LogP contribution is -2.37. The fourth-order valence-corrected chi connectivity index (χ4v) is 4.87. The van der Waals surface area contributed by atoms with Crippen LogP contribution in [-0.2, 0) is 14.3 Å². The van der Waals surface area contributed by atoms with Gasteiger partial charge in [0.25, 0.3) is 5.91 Å². The normalized spacial score (nSPS) is 25.9. The van der Waals surface area contributed by atoms with Crippen molar-refractivity contribution in [2.24, 2.45) is 11.7 Å². The molecule has 1 saturated heterocycles. The highest BCUT2D eigenvalue weighted by atomic mass is 79.9. The van der Waals surface area contributed by atoms with E-state index in [9.17, 15) is 24.6 Å². The maximum atomic E-state index is 12.7. The minimum atomic E-state index is -1.57. The molecule has 13 heteroatoms. The molecule has 1 amide bonds. The van der Waals surface area contributed by atoms with E-state index < -0.39 is 36.1 Å². The summed E-state index contributed by atoms with van der Waals surface area (Å²) in [7, 11) is 0. The van der Waals surface area contributed by atoms with Gasteiger partial charge in [0, 0.05) is 10.7 Å². The molecule has 2 aromatic heterocycles. The van der Waals surface area contributed by atoms with E-state index in [2.05, 4.69) is 25.9 Å². The van der Waals surface area contributed by atoms with Crippen molar-refractivity contribution < 1.29 is 29.3 Å². The van der Waals surface area contributed by atoms with Crippen LogP contribution in [0.5, 0.6) is 0 Å². The van der Waals surface area contributed by atoms with E-state index in [4.69, 9.17) is 20.9 Å². The molecule has 0 aromatic carbocycles. The third-order valence-electron chi connectivity index (χ3n) is 6.09. The van der Waals surface area contributed by atoms with Crippen LogP contribution in [0.1, 0.15) is 48.7 Å². The number of hydrogen-bond acceptors (Lipinski definition) is 10. The van der Waals surface area contributed by atoms with E-state index in [0.29, 0.717) is 0 Å². The highest BCUT2D eigenvalue weighted by molar-refractivity contribution is 9.10. The molecule has 2 aliphatic rings. The Morgan fingerprint density at radius 1 is 1.24 bits per heavy atom. The van der Waals surface area contributed by atoms with Gasteiger partial charge in [-0.15, -0.1) is 0 Å². The molecule has 0 radical (unpaired) electrons. The molecule has 178 valence electrons. The van der Waals surface area contributed by atoms with E-state index in [-0.39, 0.29) is 45.4 Å². The maximum absolute atomic E-state index is 12.7. The molecule has 4 rings (SSSR count). The molecule has 2 fully saturated rings. The molecule has 0 spiro atoms. The summed E-state index contributed by atoms with van der Waals surface area (Å²) in [5, 5.41) is 21.1. The number of nitrogens with zero attached hydrogens (tertiary/aromatic N) is 3. The molecule has 1 aliphatic heterocycles. The van der Waals surface area contributed by atoms with E-state index >= 15 is 0 Å². The van der Waals surface area contributed by atoms with Crippen LogP contribution in [0, 0.1) is 5.92 Å². The third kappa shape index (κ3) is 4.33. The van der Waals surface area contributed by atoms with Crippen molar-refractivity contribution in [1.29, 1.82) is 0 Å². The van der Waals surface area contributed by atoms with E-state index in [0.717, 1.165) is 36.7 Å². The van der Waals surface area contributed by atoms with Gasteiger partial charge in [-0.2, -0.15) is 4.98 Å². The SMILES string of the molecule is NC(=O)c1c(Br)cnc2c1c(N)nc(=O)n2[C@H]1O[C@@H](COC(=O)C2CCCCC2)[C@H](O)[C@H]1O. The number of primary amides is 1. The first kappa shape index (κ1) is 23.5. The Kier molecular flexibility index (Phi) is 6.66. The van der Waals surface area contributed by atoms with Crippen molar-refractivity contribution in [3.63, 3.8) is 0 Å². The van der Waals surface area contributed by atoms with Gasteiger partial charge in [-0.1, -0.05) is 19.3 Å². The number of pyridine rings is 1. The summed E-state index contributed by atoms with van der Waals surface area (Å²) in [5.41, 5.74) is 10.2. The molecular weight excluding hydrogens is 502 g/mol. The minimum absolute atomic E-state index is 0.00561. The van der Waals surface area contributed by atoms with Crippen LogP contribution in [0.4, 0.5) is 5.82 Å². The van der Waals surface area contributed by atoms with Crippen molar-refractivity contribution in [3.8, 4) is 0 Å². The van der Waals surface area contributed by atoms with Crippen LogP contribution < -0.4 is 17.2 Å². The summed E-state index contributed by atoms with van der Waals surface area (Å²) >= 11 is 3.17. The summed E-state index contributed by atoms with van der Waals surface area (Å²) in [4.78, 5) is 44.8. The Hall–Kier alpha value is -2.61.